The summed E-state index contributed by atoms with van der Waals surface area (Å²) in [5.74, 6) is 8.15. The Hall–Kier alpha value is -1.60. The lowest BCUT2D eigenvalue weighted by molar-refractivity contribution is -0.133. The highest BCUT2D eigenvalue weighted by Crippen LogP contribution is 2.68. The predicted molar refractivity (Wildman–Crippen MR) is 154 cm³/mol. The van der Waals surface area contributed by atoms with Crippen LogP contribution in [0.2, 0.25) is 0 Å². The van der Waals surface area contributed by atoms with Crippen molar-refractivity contribution >= 4 is 11.7 Å². The molecule has 0 aromatic carbocycles. The molecule has 0 bridgehead atoms. The van der Waals surface area contributed by atoms with E-state index in [1.807, 2.05) is 13.1 Å². The topological polar surface area (TPSA) is 57.6 Å². The van der Waals surface area contributed by atoms with Gasteiger partial charge in [-0.15, -0.1) is 0 Å². The lowest BCUT2D eigenvalue weighted by Crippen LogP contribution is -2.54. The molecule has 0 aromatic heterocycles. The first-order valence-corrected chi connectivity index (χ1v) is 15.8. The van der Waals surface area contributed by atoms with Crippen molar-refractivity contribution in [2.45, 2.75) is 136 Å². The van der Waals surface area contributed by atoms with Crippen LogP contribution in [0.5, 0.6) is 0 Å². The zero-order valence-electron chi connectivity index (χ0n) is 24.7. The molecule has 4 aliphatic rings. The third kappa shape index (κ3) is 5.79. The fourth-order valence-electron chi connectivity index (χ4n) is 8.97. The second kappa shape index (κ2) is 12.3. The minimum Gasteiger partial charge on any atom is -0.389 e. The number of aliphatic hydroxyl groups is 1. The first kappa shape index (κ1) is 29.4. The Morgan fingerprint density at radius 1 is 1.00 bits per heavy atom. The van der Waals surface area contributed by atoms with Gasteiger partial charge in [0, 0.05) is 26.4 Å². The number of carbonyl (C=O) groups is 2. The smallest absolute Gasteiger partial charge is 0.298 e. The van der Waals surface area contributed by atoms with Gasteiger partial charge in [0.05, 0.1) is 5.60 Å². The summed E-state index contributed by atoms with van der Waals surface area (Å²) >= 11 is 0. The van der Waals surface area contributed by atoms with Crippen molar-refractivity contribution in [1.82, 2.24) is 4.90 Å². The van der Waals surface area contributed by atoms with Gasteiger partial charge in [0.25, 0.3) is 5.91 Å². The quantitative estimate of drug-likeness (QED) is 0.242. The van der Waals surface area contributed by atoms with Crippen LogP contribution < -0.4 is 0 Å². The molecule has 1 amide bonds. The summed E-state index contributed by atoms with van der Waals surface area (Å²) < 4.78 is 0. The molecular weight excluding hydrogens is 470 g/mol. The molecule has 212 valence electrons. The summed E-state index contributed by atoms with van der Waals surface area (Å²) in [5.41, 5.74) is 1.17. The Kier molecular flexibility index (Phi) is 9.50. The number of rotatable bonds is 10. The SMILES string of the molecule is CCCCN(C)C(=O)C#CCCCCCCC[C@]1(O)CCC2C3CCC4=CC(=O)CC[C@]4(C)C3CC[C@@]21C. The zero-order valence-corrected chi connectivity index (χ0v) is 24.7. The maximum atomic E-state index is 12.1. The van der Waals surface area contributed by atoms with Gasteiger partial charge in [0.2, 0.25) is 0 Å². The van der Waals surface area contributed by atoms with Gasteiger partial charge < -0.3 is 10.0 Å². The van der Waals surface area contributed by atoms with Crippen LogP contribution in [0.25, 0.3) is 0 Å². The normalized spacial score (nSPS) is 35.9. The van der Waals surface area contributed by atoms with Gasteiger partial charge in [0.1, 0.15) is 0 Å². The Morgan fingerprint density at radius 3 is 2.53 bits per heavy atom. The van der Waals surface area contributed by atoms with Crippen molar-refractivity contribution in [2.75, 3.05) is 13.6 Å². The van der Waals surface area contributed by atoms with Crippen LogP contribution in [0, 0.1) is 40.4 Å². The Bertz CT molecular complexity index is 959. The summed E-state index contributed by atoms with van der Waals surface area (Å²) in [6, 6.07) is 0. The van der Waals surface area contributed by atoms with E-state index >= 15 is 0 Å². The number of ketones is 1. The van der Waals surface area contributed by atoms with E-state index in [1.54, 1.807) is 4.90 Å². The number of hydrogen-bond donors (Lipinski definition) is 1. The second-order valence-corrected chi connectivity index (χ2v) is 13.6. The first-order chi connectivity index (χ1) is 18.1. The van der Waals surface area contributed by atoms with Crippen LogP contribution in [-0.4, -0.2) is 40.9 Å². The fourth-order valence-corrected chi connectivity index (χ4v) is 8.97. The van der Waals surface area contributed by atoms with E-state index in [4.69, 9.17) is 0 Å². The van der Waals surface area contributed by atoms with Gasteiger partial charge >= 0.3 is 0 Å². The Morgan fingerprint density at radius 2 is 1.74 bits per heavy atom. The summed E-state index contributed by atoms with van der Waals surface area (Å²) in [7, 11) is 1.84. The predicted octanol–water partition coefficient (Wildman–Crippen LogP) is 7.24. The summed E-state index contributed by atoms with van der Waals surface area (Å²) in [6.45, 7) is 7.78. The van der Waals surface area contributed by atoms with Gasteiger partial charge in [-0.25, -0.2) is 0 Å². The molecule has 38 heavy (non-hydrogen) atoms. The lowest BCUT2D eigenvalue weighted by Gasteiger charge is -2.59. The fraction of sp³-hybridized carbons (Fsp3) is 0.824. The van der Waals surface area contributed by atoms with Crippen LogP contribution in [0.4, 0.5) is 0 Å². The highest BCUT2D eigenvalue weighted by Gasteiger charge is 2.63. The summed E-state index contributed by atoms with van der Waals surface area (Å²) in [5, 5.41) is 12.0. The van der Waals surface area contributed by atoms with Crippen molar-refractivity contribution in [3.8, 4) is 11.8 Å². The third-order valence-electron chi connectivity index (χ3n) is 11.6. The van der Waals surface area contributed by atoms with Crippen molar-refractivity contribution in [2.24, 2.45) is 28.6 Å². The lowest BCUT2D eigenvalue weighted by atomic mass is 9.46. The second-order valence-electron chi connectivity index (χ2n) is 13.6. The minimum atomic E-state index is -0.516. The highest BCUT2D eigenvalue weighted by molar-refractivity contribution is 5.93. The molecule has 0 aliphatic heterocycles. The summed E-state index contributed by atoms with van der Waals surface area (Å²) in [6.07, 6.45) is 20.0. The van der Waals surface area contributed by atoms with Gasteiger partial charge in [0.15, 0.2) is 5.78 Å². The standard InChI is InChI=1S/C34H53NO3/c1-5-6-24-35(4)31(37)14-12-10-8-7-9-11-13-20-34(38)23-19-30-28-16-15-26-25-27(36)17-21-32(26,2)29(28)18-22-33(30,34)3/h25,28-30,38H,5-11,13,15-24H2,1-4H3/t28?,29?,30?,32-,33-,34-/m0/s1. The number of amides is 1. The van der Waals surface area contributed by atoms with Gasteiger partial charge in [-0.1, -0.05) is 64.4 Å². The molecule has 4 rings (SSSR count). The molecule has 4 heteroatoms. The molecule has 1 N–H and O–H groups in total. The van der Waals surface area contributed by atoms with E-state index in [2.05, 4.69) is 32.6 Å². The van der Waals surface area contributed by atoms with E-state index < -0.39 is 5.60 Å². The van der Waals surface area contributed by atoms with Gasteiger partial charge in [-0.3, -0.25) is 9.59 Å². The molecule has 4 aliphatic carbocycles. The maximum Gasteiger partial charge on any atom is 0.298 e. The van der Waals surface area contributed by atoms with Gasteiger partial charge in [-0.2, -0.15) is 0 Å². The van der Waals surface area contributed by atoms with Crippen LogP contribution in [-0.2, 0) is 9.59 Å². The van der Waals surface area contributed by atoms with Crippen LogP contribution >= 0.6 is 0 Å². The summed E-state index contributed by atoms with van der Waals surface area (Å²) in [4.78, 5) is 25.8. The molecule has 3 fully saturated rings. The molecule has 4 nitrogen and oxygen atoms in total. The van der Waals surface area contributed by atoms with E-state index in [-0.39, 0.29) is 16.7 Å². The van der Waals surface area contributed by atoms with Crippen LogP contribution in [0.15, 0.2) is 11.6 Å². The maximum absolute atomic E-state index is 12.1. The Balaban J connectivity index is 1.20. The van der Waals surface area contributed by atoms with Crippen LogP contribution in [0.1, 0.15) is 130 Å². The van der Waals surface area contributed by atoms with Crippen molar-refractivity contribution in [1.29, 1.82) is 0 Å². The molecule has 0 spiro atoms. The average Bonchev–Trinajstić information content (AvgIpc) is 3.17. The first-order valence-electron chi connectivity index (χ1n) is 15.8. The molecule has 0 heterocycles. The number of nitrogens with zero attached hydrogens (tertiary/aromatic N) is 1. The van der Waals surface area contributed by atoms with Gasteiger partial charge in [-0.05, 0) is 105 Å². The van der Waals surface area contributed by atoms with Crippen molar-refractivity contribution < 1.29 is 14.7 Å². The molecule has 0 saturated heterocycles. The number of carbonyl (C=O) groups excluding carboxylic acids is 2. The van der Waals surface area contributed by atoms with E-state index in [9.17, 15) is 14.7 Å². The van der Waals surface area contributed by atoms with E-state index in [0.717, 1.165) is 83.6 Å². The molecule has 3 saturated carbocycles. The van der Waals surface area contributed by atoms with Crippen LogP contribution in [0.3, 0.4) is 0 Å². The molecular formula is C34H53NO3. The van der Waals surface area contributed by atoms with Crippen molar-refractivity contribution in [3.63, 3.8) is 0 Å². The number of allylic oxidation sites excluding steroid dienone is 1. The molecule has 6 atom stereocenters. The molecule has 3 unspecified atom stereocenters. The number of hydrogen-bond acceptors (Lipinski definition) is 3. The van der Waals surface area contributed by atoms with E-state index in [1.165, 1.54) is 37.7 Å². The molecule has 0 aromatic rings. The largest absolute Gasteiger partial charge is 0.389 e. The zero-order chi connectivity index (χ0) is 27.4. The van der Waals surface area contributed by atoms with Crippen molar-refractivity contribution in [3.05, 3.63) is 11.6 Å². The highest BCUT2D eigenvalue weighted by atomic mass is 16.3. The minimum absolute atomic E-state index is 0.0443. The average molecular weight is 524 g/mol. The van der Waals surface area contributed by atoms with E-state index in [0.29, 0.717) is 23.5 Å². The monoisotopic (exact) mass is 523 g/mol. The number of fused-ring (bicyclic) bond motifs is 5. The molecule has 0 radical (unpaired) electrons. The Labute approximate surface area is 232 Å². The third-order valence-corrected chi connectivity index (χ3v) is 11.6. The number of unbranched alkanes of at least 4 members (excludes halogenated alkanes) is 6.